The van der Waals surface area contributed by atoms with Crippen LogP contribution < -0.4 is 0 Å². The van der Waals surface area contributed by atoms with E-state index >= 15 is 0 Å². The van der Waals surface area contributed by atoms with E-state index in [1.165, 1.54) is 5.17 Å². The van der Waals surface area contributed by atoms with Crippen LogP contribution in [0.15, 0.2) is 4.99 Å². The molecule has 0 radical (unpaired) electrons. The number of amidine groups is 1. The van der Waals surface area contributed by atoms with Gasteiger partial charge in [-0.25, -0.2) is 0 Å². The summed E-state index contributed by atoms with van der Waals surface area (Å²) in [7, 11) is 2.15. The monoisotopic (exact) mass is 278 g/mol. The number of hydrogen-bond donors (Lipinski definition) is 0. The Balaban J connectivity index is 2.50. The van der Waals surface area contributed by atoms with Crippen LogP contribution >= 0.6 is 27.7 Å². The summed E-state index contributed by atoms with van der Waals surface area (Å²) in [5, 5.41) is 2.87. The van der Waals surface area contributed by atoms with E-state index < -0.39 is 0 Å². The Morgan fingerprint density at radius 3 is 2.64 bits per heavy atom. The fourth-order valence-corrected chi connectivity index (χ4v) is 2.89. The van der Waals surface area contributed by atoms with Crippen molar-refractivity contribution in [2.45, 2.75) is 32.1 Å². The van der Waals surface area contributed by atoms with Gasteiger partial charge < -0.3 is 4.90 Å². The second-order valence-corrected chi connectivity index (χ2v) is 6.03. The van der Waals surface area contributed by atoms with Gasteiger partial charge in [-0.3, -0.25) is 4.99 Å². The normalized spacial score (nSPS) is 23.9. The second kappa shape index (κ2) is 5.40. The summed E-state index contributed by atoms with van der Waals surface area (Å²) in [5.74, 6) is 0.673. The molecule has 1 rings (SSSR count). The lowest BCUT2D eigenvalue weighted by Gasteiger charge is -2.29. The third kappa shape index (κ3) is 2.89. The van der Waals surface area contributed by atoms with Gasteiger partial charge in [0.2, 0.25) is 0 Å². The molecule has 14 heavy (non-hydrogen) atoms. The molecular formula is C10H19BrN2S. The smallest absolute Gasteiger partial charge is 0.159 e. The topological polar surface area (TPSA) is 15.6 Å². The first-order valence-corrected chi connectivity index (χ1v) is 7.06. The SMILES string of the molecule is CC(C)C(C)N(C)C1=NCC(CBr)S1. The maximum Gasteiger partial charge on any atom is 0.159 e. The van der Waals surface area contributed by atoms with E-state index in [1.807, 2.05) is 11.8 Å². The van der Waals surface area contributed by atoms with Gasteiger partial charge >= 0.3 is 0 Å². The molecule has 2 unspecified atom stereocenters. The van der Waals surface area contributed by atoms with Crippen molar-refractivity contribution >= 4 is 32.9 Å². The standard InChI is InChI=1S/C10H19BrN2S/c1-7(2)8(3)13(4)10-12-6-9(5-11)14-10/h7-9H,5-6H2,1-4H3. The van der Waals surface area contributed by atoms with E-state index in [0.717, 1.165) is 11.9 Å². The summed E-state index contributed by atoms with van der Waals surface area (Å²) in [6, 6.07) is 0.565. The highest BCUT2D eigenvalue weighted by molar-refractivity contribution is 9.09. The molecule has 0 N–H and O–H groups in total. The van der Waals surface area contributed by atoms with Crippen molar-refractivity contribution < 1.29 is 0 Å². The molecule has 0 aromatic heterocycles. The molecule has 2 atom stereocenters. The quantitative estimate of drug-likeness (QED) is 0.738. The zero-order valence-electron chi connectivity index (χ0n) is 9.33. The highest BCUT2D eigenvalue weighted by Crippen LogP contribution is 2.26. The number of nitrogens with zero attached hydrogens (tertiary/aromatic N) is 2. The van der Waals surface area contributed by atoms with Crippen molar-refractivity contribution in [1.29, 1.82) is 0 Å². The minimum Gasteiger partial charge on any atom is -0.352 e. The Labute approximate surface area is 99.7 Å². The van der Waals surface area contributed by atoms with Crippen molar-refractivity contribution in [2.75, 3.05) is 18.9 Å². The number of thioether (sulfide) groups is 1. The number of rotatable bonds is 3. The zero-order chi connectivity index (χ0) is 10.7. The molecule has 1 aliphatic heterocycles. The van der Waals surface area contributed by atoms with Crippen LogP contribution in [-0.4, -0.2) is 40.3 Å². The lowest BCUT2D eigenvalue weighted by atomic mass is 10.1. The van der Waals surface area contributed by atoms with E-state index in [4.69, 9.17) is 0 Å². The van der Waals surface area contributed by atoms with Crippen LogP contribution in [0, 0.1) is 5.92 Å². The molecular weight excluding hydrogens is 260 g/mol. The van der Waals surface area contributed by atoms with Crippen LogP contribution in [0.1, 0.15) is 20.8 Å². The molecule has 0 fully saturated rings. The molecule has 0 amide bonds. The highest BCUT2D eigenvalue weighted by atomic mass is 79.9. The number of halogens is 1. The predicted molar refractivity (Wildman–Crippen MR) is 69.5 cm³/mol. The van der Waals surface area contributed by atoms with Gasteiger partial charge in [0.1, 0.15) is 0 Å². The lowest BCUT2D eigenvalue weighted by molar-refractivity contribution is 0.314. The van der Waals surface area contributed by atoms with E-state index in [1.54, 1.807) is 0 Å². The van der Waals surface area contributed by atoms with Crippen molar-refractivity contribution in [1.82, 2.24) is 4.90 Å². The molecule has 0 aromatic carbocycles. The Morgan fingerprint density at radius 1 is 1.57 bits per heavy atom. The van der Waals surface area contributed by atoms with Crippen molar-refractivity contribution in [3.05, 3.63) is 0 Å². The zero-order valence-corrected chi connectivity index (χ0v) is 11.7. The Kier molecular flexibility index (Phi) is 4.77. The van der Waals surface area contributed by atoms with Crippen LogP contribution in [-0.2, 0) is 0 Å². The van der Waals surface area contributed by atoms with E-state index in [0.29, 0.717) is 17.2 Å². The van der Waals surface area contributed by atoms with Gasteiger partial charge in [0.15, 0.2) is 5.17 Å². The average Bonchev–Trinajstić information content (AvgIpc) is 2.63. The maximum absolute atomic E-state index is 4.57. The molecule has 1 heterocycles. The van der Waals surface area contributed by atoms with Gasteiger partial charge in [-0.1, -0.05) is 41.5 Å². The van der Waals surface area contributed by atoms with Crippen LogP contribution in [0.5, 0.6) is 0 Å². The van der Waals surface area contributed by atoms with Crippen molar-refractivity contribution in [3.8, 4) is 0 Å². The maximum atomic E-state index is 4.57. The van der Waals surface area contributed by atoms with Crippen LogP contribution in [0.2, 0.25) is 0 Å². The summed E-state index contributed by atoms with van der Waals surface area (Å²) >= 11 is 5.40. The summed E-state index contributed by atoms with van der Waals surface area (Å²) in [5.41, 5.74) is 0. The summed E-state index contributed by atoms with van der Waals surface area (Å²) in [6.45, 7) is 7.72. The molecule has 0 aromatic rings. The fourth-order valence-electron chi connectivity index (χ4n) is 1.30. The highest BCUT2D eigenvalue weighted by Gasteiger charge is 2.24. The van der Waals surface area contributed by atoms with E-state index in [9.17, 15) is 0 Å². The molecule has 1 aliphatic rings. The molecule has 0 spiro atoms. The number of aliphatic imine (C=N–C) groups is 1. The molecule has 4 heteroatoms. The fraction of sp³-hybridized carbons (Fsp3) is 0.900. The van der Waals surface area contributed by atoms with Gasteiger partial charge in [-0.05, 0) is 12.8 Å². The lowest BCUT2D eigenvalue weighted by Crippen LogP contribution is -2.36. The van der Waals surface area contributed by atoms with Gasteiger partial charge in [0.25, 0.3) is 0 Å². The van der Waals surface area contributed by atoms with Crippen LogP contribution in [0.3, 0.4) is 0 Å². The van der Waals surface area contributed by atoms with Gasteiger partial charge in [-0.15, -0.1) is 0 Å². The van der Waals surface area contributed by atoms with Crippen LogP contribution in [0.25, 0.3) is 0 Å². The average molecular weight is 279 g/mol. The molecule has 82 valence electrons. The Morgan fingerprint density at radius 2 is 2.21 bits per heavy atom. The number of hydrogen-bond acceptors (Lipinski definition) is 3. The van der Waals surface area contributed by atoms with E-state index in [2.05, 4.69) is 53.6 Å². The first kappa shape index (κ1) is 12.4. The minimum atomic E-state index is 0.565. The number of alkyl halides is 1. The first-order valence-electron chi connectivity index (χ1n) is 5.06. The Hall–Kier alpha value is 0.300. The second-order valence-electron chi connectivity index (χ2n) is 4.11. The third-order valence-corrected chi connectivity index (χ3v) is 5.24. The van der Waals surface area contributed by atoms with Crippen LogP contribution in [0.4, 0.5) is 0 Å². The van der Waals surface area contributed by atoms with Crippen molar-refractivity contribution in [3.63, 3.8) is 0 Å². The third-order valence-electron chi connectivity index (χ3n) is 2.75. The first-order chi connectivity index (χ1) is 6.56. The predicted octanol–water partition coefficient (Wildman–Crippen LogP) is 2.83. The Bertz CT molecular complexity index is 218. The van der Waals surface area contributed by atoms with E-state index in [-0.39, 0.29) is 0 Å². The minimum absolute atomic E-state index is 0.565. The molecule has 2 nitrogen and oxygen atoms in total. The van der Waals surface area contributed by atoms with Gasteiger partial charge in [-0.2, -0.15) is 0 Å². The molecule has 0 saturated heterocycles. The molecule has 0 aliphatic carbocycles. The summed E-state index contributed by atoms with van der Waals surface area (Å²) < 4.78 is 0. The summed E-state index contributed by atoms with van der Waals surface area (Å²) in [6.07, 6.45) is 0. The largest absolute Gasteiger partial charge is 0.352 e. The van der Waals surface area contributed by atoms with Gasteiger partial charge in [0, 0.05) is 23.7 Å². The van der Waals surface area contributed by atoms with Crippen molar-refractivity contribution in [2.24, 2.45) is 10.9 Å². The summed E-state index contributed by atoms with van der Waals surface area (Å²) in [4.78, 5) is 6.87. The molecule has 0 saturated carbocycles. The molecule has 0 bridgehead atoms. The van der Waals surface area contributed by atoms with Gasteiger partial charge in [0.05, 0.1) is 6.54 Å².